The number of piperazine rings is 1. The van der Waals surface area contributed by atoms with Crippen LogP contribution in [0.2, 0.25) is 0 Å². The maximum absolute atomic E-state index is 12.5. The van der Waals surface area contributed by atoms with Gasteiger partial charge < -0.3 is 15.5 Å². The second-order valence-corrected chi connectivity index (χ2v) is 8.32. The minimum Gasteiger partial charge on any atom is -0.363 e. The Labute approximate surface area is 187 Å². The molecular weight excluding hydrogens is 410 g/mol. The summed E-state index contributed by atoms with van der Waals surface area (Å²) in [6.45, 7) is 4.44. The molecule has 1 aromatic carbocycles. The van der Waals surface area contributed by atoms with E-state index in [0.29, 0.717) is 31.7 Å². The van der Waals surface area contributed by atoms with Crippen molar-refractivity contribution in [3.63, 3.8) is 0 Å². The average molecular weight is 440 g/mol. The van der Waals surface area contributed by atoms with Crippen LogP contribution in [0.25, 0.3) is 0 Å². The molecule has 0 bridgehead atoms. The third-order valence-electron chi connectivity index (χ3n) is 6.26. The number of benzene rings is 1. The number of nitro benzene ring substituents is 1. The molecule has 0 spiro atoms. The summed E-state index contributed by atoms with van der Waals surface area (Å²) in [6.07, 6.45) is 3.94. The third kappa shape index (κ3) is 5.52. The molecule has 32 heavy (non-hydrogen) atoms. The summed E-state index contributed by atoms with van der Waals surface area (Å²) in [7, 11) is 0. The van der Waals surface area contributed by atoms with E-state index < -0.39 is 11.0 Å². The van der Waals surface area contributed by atoms with Gasteiger partial charge in [0.15, 0.2) is 0 Å². The van der Waals surface area contributed by atoms with Crippen LogP contribution < -0.4 is 10.6 Å². The van der Waals surface area contributed by atoms with Gasteiger partial charge in [0.2, 0.25) is 5.91 Å². The van der Waals surface area contributed by atoms with Crippen LogP contribution in [-0.2, 0) is 4.79 Å². The summed E-state index contributed by atoms with van der Waals surface area (Å²) in [6, 6.07) is 7.82. The number of nitrogens with zero attached hydrogens (tertiary/aromatic N) is 6. The molecule has 170 valence electrons. The zero-order valence-electron chi connectivity index (χ0n) is 18.2. The summed E-state index contributed by atoms with van der Waals surface area (Å²) in [5.41, 5.74) is 6.88. The smallest absolute Gasteiger partial charge is 0.293 e. The number of nitriles is 2. The largest absolute Gasteiger partial charge is 0.363 e. The van der Waals surface area contributed by atoms with Crippen molar-refractivity contribution in [2.24, 2.45) is 5.73 Å². The van der Waals surface area contributed by atoms with Gasteiger partial charge in [-0.3, -0.25) is 19.8 Å². The van der Waals surface area contributed by atoms with Gasteiger partial charge in [0, 0.05) is 38.8 Å². The van der Waals surface area contributed by atoms with Crippen LogP contribution in [-0.4, -0.2) is 72.0 Å². The molecule has 2 atom stereocenters. The van der Waals surface area contributed by atoms with Crippen LogP contribution in [0.1, 0.15) is 37.7 Å². The Morgan fingerprint density at radius 3 is 2.62 bits per heavy atom. The monoisotopic (exact) mass is 439 g/mol. The summed E-state index contributed by atoms with van der Waals surface area (Å²) in [5, 5.41) is 29.5. The van der Waals surface area contributed by atoms with Gasteiger partial charge in [-0.2, -0.15) is 10.5 Å². The number of nitrogens with two attached hydrogens (primary N) is 1. The molecule has 10 heteroatoms. The van der Waals surface area contributed by atoms with Gasteiger partial charge in [-0.05, 0) is 44.4 Å². The molecule has 0 unspecified atom stereocenters. The van der Waals surface area contributed by atoms with Gasteiger partial charge in [0.05, 0.1) is 28.7 Å². The van der Waals surface area contributed by atoms with Crippen LogP contribution in [0.4, 0.5) is 11.4 Å². The van der Waals surface area contributed by atoms with Crippen molar-refractivity contribution in [2.75, 3.05) is 44.2 Å². The standard InChI is InChI=1S/C22H29N7O3/c23-15-17-6-7-20(21(14-17)29(31)32)27-12-10-26(11-13-27)8-2-1-5-19(25)22(30)28-9-3-4-18(28)16-24/h6-7,14,18-19H,1-5,8-13,25H2/t18-,19-/m0/s1. The molecule has 10 nitrogen and oxygen atoms in total. The van der Waals surface area contributed by atoms with Gasteiger partial charge in [-0.1, -0.05) is 6.42 Å². The zero-order chi connectivity index (χ0) is 23.1. The highest BCUT2D eigenvalue weighted by Gasteiger charge is 2.31. The Hall–Kier alpha value is -3.21. The molecule has 2 saturated heterocycles. The second kappa shape index (κ2) is 10.9. The molecule has 1 aromatic rings. The molecule has 0 radical (unpaired) electrons. The number of rotatable bonds is 8. The number of carbonyl (C=O) groups excluding carboxylic acids is 1. The first-order valence-corrected chi connectivity index (χ1v) is 11.1. The second-order valence-electron chi connectivity index (χ2n) is 8.32. The number of nitro groups is 1. The fourth-order valence-electron chi connectivity index (χ4n) is 4.42. The van der Waals surface area contributed by atoms with Gasteiger partial charge in [-0.25, -0.2) is 0 Å². The molecule has 2 fully saturated rings. The first-order chi connectivity index (χ1) is 15.4. The summed E-state index contributed by atoms with van der Waals surface area (Å²) in [4.78, 5) is 29.3. The Morgan fingerprint density at radius 2 is 1.97 bits per heavy atom. The minimum atomic E-state index is -0.558. The Morgan fingerprint density at radius 1 is 1.22 bits per heavy atom. The highest BCUT2D eigenvalue weighted by Crippen LogP contribution is 2.30. The minimum absolute atomic E-state index is 0.0344. The third-order valence-corrected chi connectivity index (χ3v) is 6.26. The highest BCUT2D eigenvalue weighted by atomic mass is 16.6. The van der Waals surface area contributed by atoms with Gasteiger partial charge in [-0.15, -0.1) is 0 Å². The van der Waals surface area contributed by atoms with Crippen LogP contribution in [0, 0.1) is 32.8 Å². The normalized spacial score (nSPS) is 19.9. The molecule has 0 saturated carbocycles. The van der Waals surface area contributed by atoms with E-state index in [1.165, 1.54) is 6.07 Å². The lowest BCUT2D eigenvalue weighted by Gasteiger charge is -2.35. The molecule has 2 heterocycles. The van der Waals surface area contributed by atoms with Crippen LogP contribution >= 0.6 is 0 Å². The first-order valence-electron chi connectivity index (χ1n) is 11.1. The van der Waals surface area contributed by atoms with Crippen molar-refractivity contribution in [1.29, 1.82) is 10.5 Å². The molecular formula is C22H29N7O3. The van der Waals surface area contributed by atoms with E-state index in [-0.39, 0.29) is 23.2 Å². The number of hydrogen-bond acceptors (Lipinski definition) is 8. The molecule has 0 aliphatic carbocycles. The molecule has 2 N–H and O–H groups in total. The lowest BCUT2D eigenvalue weighted by Crippen LogP contribution is -2.47. The van der Waals surface area contributed by atoms with Crippen LogP contribution in [0.5, 0.6) is 0 Å². The zero-order valence-corrected chi connectivity index (χ0v) is 18.2. The van der Waals surface area contributed by atoms with Crippen LogP contribution in [0.15, 0.2) is 18.2 Å². The number of likely N-dealkylation sites (tertiary alicyclic amines) is 1. The molecule has 2 aliphatic heterocycles. The van der Waals surface area contributed by atoms with E-state index in [0.717, 1.165) is 45.3 Å². The van der Waals surface area contributed by atoms with E-state index in [9.17, 15) is 14.9 Å². The Balaban J connectivity index is 1.41. The average Bonchev–Trinajstić information content (AvgIpc) is 3.30. The lowest BCUT2D eigenvalue weighted by molar-refractivity contribution is -0.384. The van der Waals surface area contributed by atoms with E-state index in [1.54, 1.807) is 17.0 Å². The van der Waals surface area contributed by atoms with Crippen molar-refractivity contribution in [2.45, 2.75) is 44.2 Å². The van der Waals surface area contributed by atoms with E-state index in [1.807, 2.05) is 11.0 Å². The highest BCUT2D eigenvalue weighted by molar-refractivity contribution is 5.82. The number of anilines is 1. The van der Waals surface area contributed by atoms with E-state index >= 15 is 0 Å². The number of amides is 1. The quantitative estimate of drug-likeness (QED) is 0.365. The van der Waals surface area contributed by atoms with Gasteiger partial charge >= 0.3 is 0 Å². The van der Waals surface area contributed by atoms with E-state index in [4.69, 9.17) is 16.3 Å². The SMILES string of the molecule is N#Cc1ccc(N2CCN(CCCC[C@H](N)C(=O)N3CCC[C@H]3C#N)CC2)c([N+](=O)[O-])c1. The van der Waals surface area contributed by atoms with Crippen LogP contribution in [0.3, 0.4) is 0 Å². The molecule has 2 aliphatic rings. The van der Waals surface area contributed by atoms with Crippen molar-refractivity contribution < 1.29 is 9.72 Å². The number of unbranched alkanes of at least 4 members (excludes halogenated alkanes) is 1. The predicted octanol–water partition coefficient (Wildman–Crippen LogP) is 1.60. The van der Waals surface area contributed by atoms with E-state index in [2.05, 4.69) is 11.0 Å². The maximum Gasteiger partial charge on any atom is 0.293 e. The summed E-state index contributed by atoms with van der Waals surface area (Å²) >= 11 is 0. The molecule has 0 aromatic heterocycles. The molecule has 1 amide bonds. The Kier molecular flexibility index (Phi) is 7.98. The van der Waals surface area contributed by atoms with Gasteiger partial charge in [0.1, 0.15) is 11.7 Å². The fourth-order valence-corrected chi connectivity index (χ4v) is 4.42. The topological polar surface area (TPSA) is 144 Å². The Bertz CT molecular complexity index is 915. The lowest BCUT2D eigenvalue weighted by atomic mass is 10.1. The number of carbonyl (C=O) groups is 1. The van der Waals surface area contributed by atoms with Crippen molar-refractivity contribution in [1.82, 2.24) is 9.80 Å². The number of hydrogen-bond donors (Lipinski definition) is 1. The van der Waals surface area contributed by atoms with Crippen molar-refractivity contribution >= 4 is 17.3 Å². The molecule has 3 rings (SSSR count). The maximum atomic E-state index is 12.5. The van der Waals surface area contributed by atoms with Crippen molar-refractivity contribution in [3.05, 3.63) is 33.9 Å². The van der Waals surface area contributed by atoms with Gasteiger partial charge in [0.25, 0.3) is 5.69 Å². The fraction of sp³-hybridized carbons (Fsp3) is 0.591. The summed E-state index contributed by atoms with van der Waals surface area (Å²) in [5.74, 6) is -0.119. The predicted molar refractivity (Wildman–Crippen MR) is 119 cm³/mol. The van der Waals surface area contributed by atoms with Crippen molar-refractivity contribution in [3.8, 4) is 12.1 Å². The first kappa shape index (κ1) is 23.5. The summed E-state index contributed by atoms with van der Waals surface area (Å²) < 4.78 is 0.